The first-order valence-electron chi connectivity index (χ1n) is 14.0. The average Bonchev–Trinajstić information content (AvgIpc) is 3.61. The lowest BCUT2D eigenvalue weighted by molar-refractivity contribution is -0.401. The summed E-state index contributed by atoms with van der Waals surface area (Å²) in [5.41, 5.74) is -3.72. The first kappa shape index (κ1) is 35.0. The number of nitrogens with zero attached hydrogens (tertiary/aromatic N) is 2. The molecular formula is C29H32F8N2O4SSi. The molecule has 4 rings (SSSR count). The lowest BCUT2D eigenvalue weighted by Gasteiger charge is -2.35. The van der Waals surface area contributed by atoms with Crippen LogP contribution in [0.4, 0.5) is 35.1 Å². The minimum absolute atomic E-state index is 0.0153. The van der Waals surface area contributed by atoms with E-state index in [0.29, 0.717) is 30.0 Å². The molecule has 0 amide bonds. The van der Waals surface area contributed by atoms with Crippen molar-refractivity contribution in [3.8, 4) is 11.5 Å². The number of ether oxygens (including phenoxy) is 4. The molecule has 1 atom stereocenters. The molecule has 1 saturated carbocycles. The maximum Gasteiger partial charge on any atom is 0.433 e. The van der Waals surface area contributed by atoms with Gasteiger partial charge in [-0.05, 0) is 60.7 Å². The van der Waals surface area contributed by atoms with Crippen molar-refractivity contribution in [2.24, 2.45) is 0 Å². The minimum Gasteiger partial charge on any atom is -0.487 e. The van der Waals surface area contributed by atoms with Gasteiger partial charge in [0.25, 0.3) is 0 Å². The predicted molar refractivity (Wildman–Crippen MR) is 152 cm³/mol. The lowest BCUT2D eigenvalue weighted by atomic mass is 9.91. The molecule has 3 aromatic rings. The zero-order valence-electron chi connectivity index (χ0n) is 24.6. The van der Waals surface area contributed by atoms with Crippen molar-refractivity contribution in [1.29, 1.82) is 0 Å². The van der Waals surface area contributed by atoms with E-state index in [2.05, 4.69) is 19.4 Å². The highest BCUT2D eigenvalue weighted by Gasteiger charge is 2.75. The summed E-state index contributed by atoms with van der Waals surface area (Å²) >= 11 is 0.198. The molecule has 0 N–H and O–H groups in total. The third-order valence-electron chi connectivity index (χ3n) is 6.92. The Morgan fingerprint density at radius 3 is 2.20 bits per heavy atom. The molecule has 6 nitrogen and oxygen atoms in total. The second-order valence-electron chi connectivity index (χ2n) is 11.7. The van der Waals surface area contributed by atoms with Crippen molar-refractivity contribution >= 4 is 19.4 Å². The van der Waals surface area contributed by atoms with Gasteiger partial charge < -0.3 is 18.9 Å². The SMILES string of the molecule is C[Si](C)(C)CCOCOC(c1ncc(C(Cc2ccncc2)c2ccc(OC(F)F)c(OC3CC3)c2)s1)(C(F)(F)F)C(F)(F)F. The van der Waals surface area contributed by atoms with Crippen LogP contribution in [-0.2, 0) is 21.5 Å². The molecule has 0 radical (unpaired) electrons. The topological polar surface area (TPSA) is 62.7 Å². The van der Waals surface area contributed by atoms with Gasteiger partial charge in [-0.3, -0.25) is 4.98 Å². The van der Waals surface area contributed by atoms with Gasteiger partial charge in [0.1, 0.15) is 11.8 Å². The highest BCUT2D eigenvalue weighted by Crippen LogP contribution is 2.54. The summed E-state index contributed by atoms with van der Waals surface area (Å²) in [5.74, 6) is -1.12. The van der Waals surface area contributed by atoms with E-state index in [1.807, 2.05) is 19.6 Å². The van der Waals surface area contributed by atoms with Gasteiger partial charge >= 0.3 is 24.6 Å². The molecule has 45 heavy (non-hydrogen) atoms. The van der Waals surface area contributed by atoms with Crippen LogP contribution in [-0.4, -0.2) is 56.5 Å². The molecule has 1 fully saturated rings. The Hall–Kier alpha value is -2.82. The number of halogens is 8. The van der Waals surface area contributed by atoms with Crippen LogP contribution in [0.2, 0.25) is 25.7 Å². The number of aromatic nitrogens is 2. The van der Waals surface area contributed by atoms with Crippen LogP contribution in [0.25, 0.3) is 0 Å². The van der Waals surface area contributed by atoms with E-state index in [1.165, 1.54) is 30.6 Å². The third kappa shape index (κ3) is 8.92. The van der Waals surface area contributed by atoms with E-state index in [9.17, 15) is 35.1 Å². The molecule has 1 aliphatic rings. The normalized spacial score (nSPS) is 15.4. The molecule has 248 valence electrons. The number of hydrogen-bond acceptors (Lipinski definition) is 7. The van der Waals surface area contributed by atoms with Crippen LogP contribution in [0.1, 0.15) is 39.8 Å². The van der Waals surface area contributed by atoms with E-state index in [4.69, 9.17) is 9.47 Å². The zero-order valence-corrected chi connectivity index (χ0v) is 26.4. The van der Waals surface area contributed by atoms with Crippen molar-refractivity contribution in [3.63, 3.8) is 0 Å². The van der Waals surface area contributed by atoms with Crippen LogP contribution in [0.3, 0.4) is 0 Å². The van der Waals surface area contributed by atoms with Crippen LogP contribution in [0.5, 0.6) is 11.5 Å². The van der Waals surface area contributed by atoms with E-state index < -0.39 is 50.4 Å². The van der Waals surface area contributed by atoms with Crippen LogP contribution >= 0.6 is 11.3 Å². The Morgan fingerprint density at radius 2 is 1.62 bits per heavy atom. The van der Waals surface area contributed by atoms with E-state index in [0.717, 1.165) is 6.20 Å². The van der Waals surface area contributed by atoms with Gasteiger partial charge in [0.05, 0.1) is 6.10 Å². The second-order valence-corrected chi connectivity index (χ2v) is 18.4. The summed E-state index contributed by atoms with van der Waals surface area (Å²) < 4.78 is 133. The second kappa shape index (κ2) is 13.9. The standard InChI is InChI=1S/C29H32F8N2O4SSi/c1-45(2,3)13-12-40-17-41-27(28(32,33)34,29(35,36)37)25-39-16-24(44-25)21(14-18-8-10-38-11-9-18)19-4-7-22(43-26(30)31)23(15-19)42-20-5-6-20/h4,7-11,15-16,20-21,26H,5-6,12-14,17H2,1-3H3. The Kier molecular flexibility index (Phi) is 10.8. The summed E-state index contributed by atoms with van der Waals surface area (Å²) in [5, 5.41) is -1.36. The van der Waals surface area contributed by atoms with Gasteiger partial charge in [0, 0.05) is 44.1 Å². The van der Waals surface area contributed by atoms with Gasteiger partial charge in [0.2, 0.25) is 0 Å². The first-order valence-corrected chi connectivity index (χ1v) is 18.5. The Balaban J connectivity index is 1.74. The summed E-state index contributed by atoms with van der Waals surface area (Å²) in [6, 6.07) is 7.84. The fourth-order valence-corrected chi connectivity index (χ4v) is 6.32. The van der Waals surface area contributed by atoms with Gasteiger partial charge in [-0.15, -0.1) is 11.3 Å². The monoisotopic (exact) mass is 684 g/mol. The molecule has 1 unspecified atom stereocenters. The average molecular weight is 685 g/mol. The minimum atomic E-state index is -5.94. The molecule has 0 spiro atoms. The molecule has 1 aliphatic carbocycles. The van der Waals surface area contributed by atoms with Crippen LogP contribution in [0, 0.1) is 0 Å². The summed E-state index contributed by atoms with van der Waals surface area (Å²) in [6.45, 7) is 1.47. The molecule has 1 aromatic carbocycles. The van der Waals surface area contributed by atoms with Gasteiger partial charge in [-0.2, -0.15) is 35.1 Å². The zero-order chi connectivity index (χ0) is 33.0. The van der Waals surface area contributed by atoms with Crippen LogP contribution in [0.15, 0.2) is 48.9 Å². The molecule has 16 heteroatoms. The summed E-state index contributed by atoms with van der Waals surface area (Å²) in [7, 11) is -1.68. The summed E-state index contributed by atoms with van der Waals surface area (Å²) in [6.07, 6.45) is -6.71. The number of alkyl halides is 8. The van der Waals surface area contributed by atoms with Crippen LogP contribution < -0.4 is 9.47 Å². The molecule has 0 bridgehead atoms. The third-order valence-corrected chi connectivity index (χ3v) is 9.83. The highest BCUT2D eigenvalue weighted by atomic mass is 32.1. The van der Waals surface area contributed by atoms with Gasteiger partial charge in [-0.1, -0.05) is 25.7 Å². The van der Waals surface area contributed by atoms with Gasteiger partial charge in [0.15, 0.2) is 11.5 Å². The molecule has 2 aromatic heterocycles. The molecule has 2 heterocycles. The number of rotatable bonds is 15. The van der Waals surface area contributed by atoms with E-state index in [1.54, 1.807) is 12.1 Å². The predicted octanol–water partition coefficient (Wildman–Crippen LogP) is 8.70. The Labute approximate surface area is 259 Å². The Morgan fingerprint density at radius 1 is 0.956 bits per heavy atom. The largest absolute Gasteiger partial charge is 0.487 e. The maximum absolute atomic E-state index is 14.4. The fraction of sp³-hybridized carbons (Fsp3) is 0.517. The van der Waals surface area contributed by atoms with E-state index >= 15 is 0 Å². The smallest absolute Gasteiger partial charge is 0.433 e. The Bertz CT molecular complexity index is 1380. The number of benzene rings is 1. The van der Waals surface area contributed by atoms with Crippen molar-refractivity contribution in [1.82, 2.24) is 9.97 Å². The van der Waals surface area contributed by atoms with Crippen molar-refractivity contribution < 1.29 is 54.1 Å². The van der Waals surface area contributed by atoms with Gasteiger partial charge in [-0.25, -0.2) is 4.98 Å². The maximum atomic E-state index is 14.4. The van der Waals surface area contributed by atoms with Crippen molar-refractivity contribution in [2.75, 3.05) is 13.4 Å². The molecular weight excluding hydrogens is 652 g/mol. The molecule has 0 saturated heterocycles. The highest BCUT2D eigenvalue weighted by molar-refractivity contribution is 7.11. The first-order chi connectivity index (χ1) is 21.0. The van der Waals surface area contributed by atoms with Crippen molar-refractivity contribution in [3.05, 3.63) is 69.9 Å². The fourth-order valence-electron chi connectivity index (χ4n) is 4.34. The van der Waals surface area contributed by atoms with E-state index in [-0.39, 0.29) is 46.8 Å². The number of hydrogen-bond donors (Lipinski definition) is 0. The van der Waals surface area contributed by atoms with Crippen molar-refractivity contribution in [2.45, 2.75) is 81.5 Å². The number of pyridine rings is 1. The summed E-state index contributed by atoms with van der Waals surface area (Å²) in [4.78, 5) is 7.61. The lowest BCUT2D eigenvalue weighted by Crippen LogP contribution is -2.56. The quantitative estimate of drug-likeness (QED) is 0.0691. The molecule has 0 aliphatic heterocycles. The number of thiazole rings is 1.